The Labute approximate surface area is 141 Å². The molecule has 0 radical (unpaired) electrons. The SMILES string of the molecule is CN(C)CCCNC(=O)c1ccc(Nc2ccccc2C#N)nn1. The summed E-state index contributed by atoms with van der Waals surface area (Å²) in [5.41, 5.74) is 1.43. The summed E-state index contributed by atoms with van der Waals surface area (Å²) >= 11 is 0. The summed E-state index contributed by atoms with van der Waals surface area (Å²) < 4.78 is 0. The normalized spacial score (nSPS) is 10.2. The minimum absolute atomic E-state index is 0.245. The van der Waals surface area contributed by atoms with Gasteiger partial charge in [0.25, 0.3) is 5.91 Å². The van der Waals surface area contributed by atoms with E-state index >= 15 is 0 Å². The van der Waals surface area contributed by atoms with Crippen molar-refractivity contribution in [3.8, 4) is 6.07 Å². The molecule has 2 rings (SSSR count). The third-order valence-electron chi connectivity index (χ3n) is 3.28. The molecule has 0 fully saturated rings. The van der Waals surface area contributed by atoms with Gasteiger partial charge in [0.1, 0.15) is 6.07 Å². The summed E-state index contributed by atoms with van der Waals surface area (Å²) in [5.74, 6) is 0.229. The topological polar surface area (TPSA) is 93.9 Å². The van der Waals surface area contributed by atoms with Gasteiger partial charge in [-0.1, -0.05) is 12.1 Å². The molecule has 1 aromatic heterocycles. The summed E-state index contributed by atoms with van der Waals surface area (Å²) in [6, 6.07) is 12.5. The molecule has 1 amide bonds. The van der Waals surface area contributed by atoms with Crippen LogP contribution in [0.5, 0.6) is 0 Å². The van der Waals surface area contributed by atoms with Crippen LogP contribution in [0.15, 0.2) is 36.4 Å². The van der Waals surface area contributed by atoms with Crippen LogP contribution >= 0.6 is 0 Å². The predicted molar refractivity (Wildman–Crippen MR) is 92.0 cm³/mol. The molecule has 7 heteroatoms. The van der Waals surface area contributed by atoms with E-state index in [4.69, 9.17) is 5.26 Å². The van der Waals surface area contributed by atoms with E-state index in [-0.39, 0.29) is 11.6 Å². The van der Waals surface area contributed by atoms with Crippen molar-refractivity contribution in [1.82, 2.24) is 20.4 Å². The van der Waals surface area contributed by atoms with E-state index < -0.39 is 0 Å². The van der Waals surface area contributed by atoms with Crippen LogP contribution in [-0.2, 0) is 0 Å². The first-order valence-corrected chi connectivity index (χ1v) is 7.63. The molecule has 0 unspecified atom stereocenters. The molecule has 0 atom stereocenters. The Bertz CT molecular complexity index is 721. The first-order valence-electron chi connectivity index (χ1n) is 7.63. The van der Waals surface area contributed by atoms with Gasteiger partial charge < -0.3 is 15.5 Å². The maximum absolute atomic E-state index is 12.0. The van der Waals surface area contributed by atoms with Gasteiger partial charge in [-0.3, -0.25) is 4.79 Å². The number of nitriles is 1. The number of rotatable bonds is 7. The van der Waals surface area contributed by atoms with Crippen LogP contribution < -0.4 is 10.6 Å². The van der Waals surface area contributed by atoms with Gasteiger partial charge in [-0.15, -0.1) is 10.2 Å². The van der Waals surface area contributed by atoms with E-state index in [0.29, 0.717) is 23.6 Å². The van der Waals surface area contributed by atoms with Crippen molar-refractivity contribution in [2.75, 3.05) is 32.5 Å². The highest BCUT2D eigenvalue weighted by atomic mass is 16.1. The lowest BCUT2D eigenvalue weighted by Gasteiger charge is -2.10. The van der Waals surface area contributed by atoms with Crippen molar-refractivity contribution in [1.29, 1.82) is 5.26 Å². The summed E-state index contributed by atoms with van der Waals surface area (Å²) in [6.07, 6.45) is 0.872. The molecule has 0 saturated carbocycles. The Hall–Kier alpha value is -2.98. The molecule has 0 aliphatic heterocycles. The fourth-order valence-corrected chi connectivity index (χ4v) is 2.04. The molecule has 7 nitrogen and oxygen atoms in total. The number of carbonyl (C=O) groups excluding carboxylic acids is 1. The van der Waals surface area contributed by atoms with E-state index in [0.717, 1.165) is 13.0 Å². The minimum atomic E-state index is -0.245. The van der Waals surface area contributed by atoms with Gasteiger partial charge in [0, 0.05) is 6.54 Å². The molecule has 1 heterocycles. The Kier molecular flexibility index (Phi) is 6.23. The van der Waals surface area contributed by atoms with E-state index in [1.54, 1.807) is 30.3 Å². The Morgan fingerprint density at radius 3 is 2.67 bits per heavy atom. The second kappa shape index (κ2) is 8.60. The molecule has 0 aliphatic carbocycles. The van der Waals surface area contributed by atoms with Crippen molar-refractivity contribution in [3.05, 3.63) is 47.7 Å². The molecule has 2 aromatic rings. The number of aromatic nitrogens is 2. The third-order valence-corrected chi connectivity index (χ3v) is 3.28. The highest BCUT2D eigenvalue weighted by Crippen LogP contribution is 2.18. The van der Waals surface area contributed by atoms with Crippen molar-refractivity contribution >= 4 is 17.4 Å². The zero-order chi connectivity index (χ0) is 17.4. The zero-order valence-corrected chi connectivity index (χ0v) is 13.8. The molecule has 1 aromatic carbocycles. The monoisotopic (exact) mass is 324 g/mol. The largest absolute Gasteiger partial charge is 0.351 e. The summed E-state index contributed by atoms with van der Waals surface area (Å²) in [5, 5.41) is 22.8. The van der Waals surface area contributed by atoms with Crippen molar-refractivity contribution in [2.45, 2.75) is 6.42 Å². The van der Waals surface area contributed by atoms with Gasteiger partial charge in [-0.2, -0.15) is 5.26 Å². The fraction of sp³-hybridized carbons (Fsp3) is 0.294. The van der Waals surface area contributed by atoms with Crippen LogP contribution in [0.4, 0.5) is 11.5 Å². The smallest absolute Gasteiger partial charge is 0.271 e. The predicted octanol–water partition coefficient (Wildman–Crippen LogP) is 1.77. The van der Waals surface area contributed by atoms with Gasteiger partial charge >= 0.3 is 0 Å². The van der Waals surface area contributed by atoms with Crippen LogP contribution in [0.1, 0.15) is 22.5 Å². The van der Waals surface area contributed by atoms with Crippen molar-refractivity contribution in [2.24, 2.45) is 0 Å². The molecular weight excluding hydrogens is 304 g/mol. The summed E-state index contributed by atoms with van der Waals surface area (Å²) in [6.45, 7) is 1.50. The Morgan fingerprint density at radius 1 is 1.21 bits per heavy atom. The Balaban J connectivity index is 1.93. The standard InChI is InChI=1S/C17H20N6O/c1-23(2)11-5-10-19-17(24)15-8-9-16(22-21-15)20-14-7-4-3-6-13(14)12-18/h3-4,6-9H,5,10-11H2,1-2H3,(H,19,24)(H,20,22). The minimum Gasteiger partial charge on any atom is -0.351 e. The van der Waals surface area contributed by atoms with Crippen LogP contribution in [0.3, 0.4) is 0 Å². The maximum Gasteiger partial charge on any atom is 0.271 e. The van der Waals surface area contributed by atoms with E-state index in [2.05, 4.69) is 31.8 Å². The van der Waals surface area contributed by atoms with Crippen LogP contribution in [0, 0.1) is 11.3 Å². The van der Waals surface area contributed by atoms with E-state index in [1.807, 2.05) is 20.2 Å². The second-order valence-electron chi connectivity index (χ2n) is 5.50. The number of hydrogen-bond acceptors (Lipinski definition) is 6. The molecule has 2 N–H and O–H groups in total. The first-order chi connectivity index (χ1) is 11.6. The van der Waals surface area contributed by atoms with Crippen molar-refractivity contribution in [3.63, 3.8) is 0 Å². The third kappa shape index (κ3) is 5.04. The molecule has 0 aliphatic rings. The molecule has 124 valence electrons. The number of anilines is 2. The average molecular weight is 324 g/mol. The fourth-order valence-electron chi connectivity index (χ4n) is 2.04. The van der Waals surface area contributed by atoms with Gasteiger partial charge in [0.05, 0.1) is 11.3 Å². The molecule has 24 heavy (non-hydrogen) atoms. The quantitative estimate of drug-likeness (QED) is 0.754. The lowest BCUT2D eigenvalue weighted by molar-refractivity contribution is 0.0946. The van der Waals surface area contributed by atoms with E-state index in [1.165, 1.54) is 0 Å². The number of nitrogens with zero attached hydrogens (tertiary/aromatic N) is 4. The number of nitrogens with one attached hydrogen (secondary N) is 2. The van der Waals surface area contributed by atoms with Crippen LogP contribution in [0.25, 0.3) is 0 Å². The maximum atomic E-state index is 12.0. The highest BCUT2D eigenvalue weighted by molar-refractivity contribution is 5.92. The summed E-state index contributed by atoms with van der Waals surface area (Å²) in [4.78, 5) is 14.0. The number of benzene rings is 1. The zero-order valence-electron chi connectivity index (χ0n) is 13.8. The van der Waals surface area contributed by atoms with E-state index in [9.17, 15) is 4.79 Å². The van der Waals surface area contributed by atoms with Crippen LogP contribution in [-0.4, -0.2) is 48.2 Å². The molecular formula is C17H20N6O. The number of hydrogen-bond donors (Lipinski definition) is 2. The number of carbonyl (C=O) groups is 1. The number of para-hydroxylation sites is 1. The van der Waals surface area contributed by atoms with Crippen LogP contribution in [0.2, 0.25) is 0 Å². The highest BCUT2D eigenvalue weighted by Gasteiger charge is 2.08. The Morgan fingerprint density at radius 2 is 2.00 bits per heavy atom. The van der Waals surface area contributed by atoms with Gasteiger partial charge in [0.2, 0.25) is 0 Å². The first kappa shape index (κ1) is 17.4. The van der Waals surface area contributed by atoms with Crippen molar-refractivity contribution < 1.29 is 4.79 Å². The molecule has 0 spiro atoms. The molecule has 0 bridgehead atoms. The average Bonchev–Trinajstić information content (AvgIpc) is 2.59. The van der Waals surface area contributed by atoms with Gasteiger partial charge in [-0.25, -0.2) is 0 Å². The lowest BCUT2D eigenvalue weighted by atomic mass is 10.2. The summed E-state index contributed by atoms with van der Waals surface area (Å²) in [7, 11) is 3.98. The number of amides is 1. The lowest BCUT2D eigenvalue weighted by Crippen LogP contribution is -2.28. The van der Waals surface area contributed by atoms with Gasteiger partial charge in [-0.05, 0) is 51.3 Å². The second-order valence-corrected chi connectivity index (χ2v) is 5.50. The molecule has 0 saturated heterocycles. The van der Waals surface area contributed by atoms with Gasteiger partial charge in [0.15, 0.2) is 11.5 Å².